The summed E-state index contributed by atoms with van der Waals surface area (Å²) in [7, 11) is 0. The number of fused-ring (bicyclic) bond motifs is 1. The number of nitrogens with zero attached hydrogens (tertiary/aromatic N) is 1. The van der Waals surface area contributed by atoms with Crippen LogP contribution in [-0.4, -0.2) is 10.9 Å². The van der Waals surface area contributed by atoms with Gasteiger partial charge in [0.1, 0.15) is 11.3 Å². The van der Waals surface area contributed by atoms with E-state index in [0.717, 1.165) is 0 Å². The summed E-state index contributed by atoms with van der Waals surface area (Å²) in [4.78, 5) is 16.2. The Bertz CT molecular complexity index is 811. The summed E-state index contributed by atoms with van der Waals surface area (Å²) < 4.78 is 18.9. The van der Waals surface area contributed by atoms with Gasteiger partial charge in [0, 0.05) is 12.6 Å². The molecule has 0 spiro atoms. The normalized spacial score (nSPS) is 10.8. The van der Waals surface area contributed by atoms with Crippen molar-refractivity contribution in [3.8, 4) is 0 Å². The second-order valence-corrected chi connectivity index (χ2v) is 4.73. The first-order chi connectivity index (χ1) is 10.1. The summed E-state index contributed by atoms with van der Waals surface area (Å²) in [5, 5.41) is 2.73. The number of aromatic nitrogens is 1. The van der Waals surface area contributed by atoms with Crippen molar-refractivity contribution >= 4 is 22.7 Å². The van der Waals surface area contributed by atoms with Crippen LogP contribution in [0.3, 0.4) is 0 Å². The van der Waals surface area contributed by atoms with Crippen LogP contribution in [0.15, 0.2) is 46.9 Å². The molecule has 1 amide bonds. The molecule has 1 N–H and O–H groups in total. The van der Waals surface area contributed by atoms with Crippen LogP contribution in [0.5, 0.6) is 0 Å². The number of oxazole rings is 1. The molecule has 1 heterocycles. The van der Waals surface area contributed by atoms with E-state index in [4.69, 9.17) is 4.42 Å². The average Bonchev–Trinajstić information content (AvgIpc) is 2.80. The van der Waals surface area contributed by atoms with Gasteiger partial charge in [-0.2, -0.15) is 0 Å². The molecule has 0 unspecified atom stereocenters. The van der Waals surface area contributed by atoms with Crippen molar-refractivity contribution in [3.05, 3.63) is 59.7 Å². The molecule has 0 bridgehead atoms. The highest BCUT2D eigenvalue weighted by molar-refractivity contribution is 5.94. The van der Waals surface area contributed by atoms with Crippen molar-refractivity contribution in [2.24, 2.45) is 0 Å². The quantitative estimate of drug-likeness (QED) is 0.801. The van der Waals surface area contributed by atoms with Gasteiger partial charge >= 0.3 is 0 Å². The Balaban J connectivity index is 1.75. The standard InChI is InChI=1S/C16H13FN2O2/c1-10-18-14-9-12(6-7-15(14)21-10)19-16(20)8-11-4-2-3-5-13(11)17/h2-7,9H,8H2,1H3,(H,19,20). The van der Waals surface area contributed by atoms with E-state index in [1.165, 1.54) is 6.07 Å². The van der Waals surface area contributed by atoms with Gasteiger partial charge < -0.3 is 9.73 Å². The summed E-state index contributed by atoms with van der Waals surface area (Å²) in [5.41, 5.74) is 2.32. The molecule has 0 aliphatic rings. The van der Waals surface area contributed by atoms with Crippen molar-refractivity contribution in [3.63, 3.8) is 0 Å². The van der Waals surface area contributed by atoms with Gasteiger partial charge in [0.2, 0.25) is 5.91 Å². The van der Waals surface area contributed by atoms with E-state index in [-0.39, 0.29) is 18.1 Å². The van der Waals surface area contributed by atoms with E-state index < -0.39 is 0 Å². The summed E-state index contributed by atoms with van der Waals surface area (Å²) in [6, 6.07) is 11.4. The molecule has 0 aliphatic heterocycles. The maximum atomic E-state index is 13.5. The fraction of sp³-hybridized carbons (Fsp3) is 0.125. The first kappa shape index (κ1) is 13.3. The Morgan fingerprint density at radius 2 is 2.10 bits per heavy atom. The lowest BCUT2D eigenvalue weighted by molar-refractivity contribution is -0.115. The zero-order valence-corrected chi connectivity index (χ0v) is 11.4. The third-order valence-corrected chi connectivity index (χ3v) is 3.09. The fourth-order valence-electron chi connectivity index (χ4n) is 2.14. The van der Waals surface area contributed by atoms with E-state index in [1.807, 2.05) is 0 Å². The summed E-state index contributed by atoms with van der Waals surface area (Å²) in [6.07, 6.45) is -0.0114. The van der Waals surface area contributed by atoms with Gasteiger partial charge in [-0.15, -0.1) is 0 Å². The van der Waals surface area contributed by atoms with Gasteiger partial charge in [-0.1, -0.05) is 18.2 Å². The number of halogens is 1. The molecule has 2 aromatic carbocycles. The van der Waals surface area contributed by atoms with Gasteiger partial charge in [-0.05, 0) is 29.8 Å². The molecule has 0 saturated carbocycles. The van der Waals surface area contributed by atoms with Crippen LogP contribution in [0.4, 0.5) is 10.1 Å². The van der Waals surface area contributed by atoms with Crippen molar-refractivity contribution in [2.45, 2.75) is 13.3 Å². The lowest BCUT2D eigenvalue weighted by Crippen LogP contribution is -2.15. The highest BCUT2D eigenvalue weighted by Crippen LogP contribution is 2.20. The Kier molecular flexibility index (Phi) is 3.39. The molecule has 0 radical (unpaired) electrons. The molecule has 0 aliphatic carbocycles. The number of hydrogen-bond donors (Lipinski definition) is 1. The smallest absolute Gasteiger partial charge is 0.228 e. The highest BCUT2D eigenvalue weighted by atomic mass is 19.1. The lowest BCUT2D eigenvalue weighted by atomic mass is 10.1. The summed E-state index contributed by atoms with van der Waals surface area (Å²) in [5.74, 6) is -0.0882. The fourth-order valence-corrected chi connectivity index (χ4v) is 2.14. The van der Waals surface area contributed by atoms with E-state index >= 15 is 0 Å². The average molecular weight is 284 g/mol. The van der Waals surface area contributed by atoms with Crippen molar-refractivity contribution in [2.75, 3.05) is 5.32 Å². The van der Waals surface area contributed by atoms with Crippen LogP contribution in [0, 0.1) is 12.7 Å². The van der Waals surface area contributed by atoms with Crippen LogP contribution < -0.4 is 5.32 Å². The second kappa shape index (κ2) is 5.36. The van der Waals surface area contributed by atoms with Crippen LogP contribution >= 0.6 is 0 Å². The maximum Gasteiger partial charge on any atom is 0.228 e. The number of hydrogen-bond acceptors (Lipinski definition) is 3. The zero-order valence-electron chi connectivity index (χ0n) is 11.4. The highest BCUT2D eigenvalue weighted by Gasteiger charge is 2.09. The first-order valence-electron chi connectivity index (χ1n) is 6.52. The van der Waals surface area contributed by atoms with E-state index in [2.05, 4.69) is 10.3 Å². The second-order valence-electron chi connectivity index (χ2n) is 4.73. The number of aryl methyl sites for hydroxylation is 1. The van der Waals surface area contributed by atoms with Gasteiger partial charge in [0.15, 0.2) is 11.5 Å². The molecule has 106 valence electrons. The molecule has 5 heteroatoms. The molecule has 1 aromatic heterocycles. The van der Waals surface area contributed by atoms with Crippen molar-refractivity contribution < 1.29 is 13.6 Å². The molecule has 4 nitrogen and oxygen atoms in total. The maximum absolute atomic E-state index is 13.5. The van der Waals surface area contributed by atoms with Crippen LogP contribution in [0.25, 0.3) is 11.1 Å². The summed E-state index contributed by atoms with van der Waals surface area (Å²) >= 11 is 0. The zero-order chi connectivity index (χ0) is 14.8. The SMILES string of the molecule is Cc1nc2cc(NC(=O)Cc3ccccc3F)ccc2o1. The van der Waals surface area contributed by atoms with Gasteiger partial charge in [0.05, 0.1) is 6.42 Å². The van der Waals surface area contributed by atoms with Gasteiger partial charge in [0.25, 0.3) is 0 Å². The lowest BCUT2D eigenvalue weighted by Gasteiger charge is -2.05. The Hall–Kier alpha value is -2.69. The molecule has 0 saturated heterocycles. The molecule has 21 heavy (non-hydrogen) atoms. The van der Waals surface area contributed by atoms with E-state index in [1.54, 1.807) is 43.3 Å². The van der Waals surface area contributed by atoms with Gasteiger partial charge in [-0.25, -0.2) is 9.37 Å². The Labute approximate surface area is 120 Å². The van der Waals surface area contributed by atoms with Crippen LogP contribution in [0.2, 0.25) is 0 Å². The third-order valence-electron chi connectivity index (χ3n) is 3.09. The topological polar surface area (TPSA) is 55.1 Å². The minimum Gasteiger partial charge on any atom is -0.441 e. The number of nitrogens with one attached hydrogen (secondary N) is 1. The van der Waals surface area contributed by atoms with E-state index in [9.17, 15) is 9.18 Å². The van der Waals surface area contributed by atoms with Gasteiger partial charge in [-0.3, -0.25) is 4.79 Å². The molecular formula is C16H13FN2O2. The number of benzene rings is 2. The Morgan fingerprint density at radius 1 is 1.29 bits per heavy atom. The number of carbonyl (C=O) groups is 1. The molecular weight excluding hydrogens is 271 g/mol. The number of anilines is 1. The molecule has 3 rings (SSSR count). The van der Waals surface area contributed by atoms with Crippen molar-refractivity contribution in [1.82, 2.24) is 4.98 Å². The minimum atomic E-state index is -0.379. The van der Waals surface area contributed by atoms with E-state index in [0.29, 0.717) is 28.2 Å². The molecule has 0 atom stereocenters. The first-order valence-corrected chi connectivity index (χ1v) is 6.52. The monoisotopic (exact) mass is 284 g/mol. The largest absolute Gasteiger partial charge is 0.441 e. The van der Waals surface area contributed by atoms with Crippen LogP contribution in [0.1, 0.15) is 11.5 Å². The predicted octanol–water partition coefficient (Wildman–Crippen LogP) is 3.46. The Morgan fingerprint density at radius 3 is 2.90 bits per heavy atom. The van der Waals surface area contributed by atoms with Crippen molar-refractivity contribution in [1.29, 1.82) is 0 Å². The predicted molar refractivity (Wildman–Crippen MR) is 77.5 cm³/mol. The third kappa shape index (κ3) is 2.91. The minimum absolute atomic E-state index is 0.0114. The summed E-state index contributed by atoms with van der Waals surface area (Å²) in [6.45, 7) is 1.76. The molecule has 0 fully saturated rings. The van der Waals surface area contributed by atoms with Crippen LogP contribution in [-0.2, 0) is 11.2 Å². The number of amides is 1. The number of rotatable bonds is 3. The number of carbonyl (C=O) groups excluding carboxylic acids is 1. The molecule has 3 aromatic rings.